The molecule has 1 aliphatic heterocycles. The Kier molecular flexibility index (Phi) is 3.69. The Bertz CT molecular complexity index is 309. The summed E-state index contributed by atoms with van der Waals surface area (Å²) >= 11 is 0. The number of nitrogens with zero attached hydrogens (tertiary/aromatic N) is 1. The van der Waals surface area contributed by atoms with Crippen LogP contribution >= 0.6 is 0 Å². The smallest absolute Gasteiger partial charge is 0.245 e. The summed E-state index contributed by atoms with van der Waals surface area (Å²) in [4.78, 5) is 25.1. The lowest BCUT2D eigenvalue weighted by atomic mass is 9.82. The molecule has 0 spiro atoms. The molecule has 1 N–H and O–H groups in total. The van der Waals surface area contributed by atoms with Gasteiger partial charge in [0.05, 0.1) is 6.54 Å². The fourth-order valence-electron chi connectivity index (χ4n) is 2.85. The number of rotatable bonds is 2. The Morgan fingerprint density at radius 2 is 1.82 bits per heavy atom. The molecule has 1 atom stereocenters. The Hall–Kier alpha value is -1.06. The zero-order valence-corrected chi connectivity index (χ0v) is 10.7. The van der Waals surface area contributed by atoms with Gasteiger partial charge < -0.3 is 10.2 Å². The number of nitrogens with one attached hydrogen (secondary N) is 1. The Labute approximate surface area is 103 Å². The Balaban J connectivity index is 1.89. The molecular weight excluding hydrogens is 216 g/mol. The number of carbonyl (C=O) groups is 2. The van der Waals surface area contributed by atoms with Crippen molar-refractivity contribution in [2.24, 2.45) is 11.8 Å². The first-order valence-electron chi connectivity index (χ1n) is 6.64. The standard InChI is InChI=1S/C13H22N2O2/c1-9-3-5-11(6-4-9)7-15-8-12(16)14-10(2)13(15)17/h9-11H,3-8H2,1-2H3,(H,14,16). The van der Waals surface area contributed by atoms with E-state index in [-0.39, 0.29) is 24.4 Å². The molecule has 0 aromatic carbocycles. The van der Waals surface area contributed by atoms with Crippen LogP contribution in [0.1, 0.15) is 39.5 Å². The zero-order chi connectivity index (χ0) is 12.4. The maximum Gasteiger partial charge on any atom is 0.245 e. The molecule has 17 heavy (non-hydrogen) atoms. The van der Waals surface area contributed by atoms with Crippen LogP contribution in [0, 0.1) is 11.8 Å². The third kappa shape index (κ3) is 2.99. The fraction of sp³-hybridized carbons (Fsp3) is 0.846. The molecule has 1 heterocycles. The summed E-state index contributed by atoms with van der Waals surface area (Å²) in [5.41, 5.74) is 0. The van der Waals surface area contributed by atoms with E-state index in [9.17, 15) is 9.59 Å². The molecule has 2 aliphatic rings. The molecule has 1 saturated heterocycles. The second-order valence-electron chi connectivity index (χ2n) is 5.63. The number of carbonyl (C=O) groups excluding carboxylic acids is 2. The lowest BCUT2D eigenvalue weighted by molar-refractivity contribution is -0.144. The van der Waals surface area contributed by atoms with Crippen LogP contribution in [-0.2, 0) is 9.59 Å². The van der Waals surface area contributed by atoms with E-state index in [1.807, 2.05) is 0 Å². The van der Waals surface area contributed by atoms with E-state index in [0.29, 0.717) is 5.92 Å². The van der Waals surface area contributed by atoms with Crippen molar-refractivity contribution in [1.29, 1.82) is 0 Å². The Morgan fingerprint density at radius 3 is 2.47 bits per heavy atom. The topological polar surface area (TPSA) is 49.4 Å². The number of hydrogen-bond acceptors (Lipinski definition) is 2. The highest BCUT2D eigenvalue weighted by Crippen LogP contribution is 2.29. The van der Waals surface area contributed by atoms with Gasteiger partial charge in [-0.2, -0.15) is 0 Å². The van der Waals surface area contributed by atoms with Crippen LogP contribution in [0.25, 0.3) is 0 Å². The van der Waals surface area contributed by atoms with E-state index in [0.717, 1.165) is 12.5 Å². The van der Waals surface area contributed by atoms with Crippen molar-refractivity contribution in [3.8, 4) is 0 Å². The normalized spacial score (nSPS) is 34.7. The molecular formula is C13H22N2O2. The van der Waals surface area contributed by atoms with Gasteiger partial charge in [-0.25, -0.2) is 0 Å². The molecule has 1 aliphatic carbocycles. The molecule has 0 bridgehead atoms. The average Bonchev–Trinajstić information content (AvgIpc) is 2.28. The zero-order valence-electron chi connectivity index (χ0n) is 10.7. The van der Waals surface area contributed by atoms with Crippen LogP contribution in [-0.4, -0.2) is 35.8 Å². The largest absolute Gasteiger partial charge is 0.343 e. The van der Waals surface area contributed by atoms with Crippen molar-refractivity contribution in [2.45, 2.75) is 45.6 Å². The minimum atomic E-state index is -0.348. The highest BCUT2D eigenvalue weighted by atomic mass is 16.2. The third-order valence-corrected chi connectivity index (χ3v) is 4.01. The van der Waals surface area contributed by atoms with Gasteiger partial charge in [0.15, 0.2) is 0 Å². The summed E-state index contributed by atoms with van der Waals surface area (Å²) in [7, 11) is 0. The van der Waals surface area contributed by atoms with Gasteiger partial charge in [0, 0.05) is 6.54 Å². The van der Waals surface area contributed by atoms with Gasteiger partial charge in [-0.1, -0.05) is 19.8 Å². The molecule has 4 nitrogen and oxygen atoms in total. The first-order valence-corrected chi connectivity index (χ1v) is 6.64. The maximum atomic E-state index is 11.9. The quantitative estimate of drug-likeness (QED) is 0.785. The van der Waals surface area contributed by atoms with E-state index >= 15 is 0 Å². The second kappa shape index (κ2) is 5.07. The van der Waals surface area contributed by atoms with E-state index in [1.54, 1.807) is 11.8 Å². The number of piperazine rings is 1. The van der Waals surface area contributed by atoms with Crippen LogP contribution in [0.3, 0.4) is 0 Å². The van der Waals surface area contributed by atoms with Crippen molar-refractivity contribution in [1.82, 2.24) is 10.2 Å². The van der Waals surface area contributed by atoms with Gasteiger partial charge in [-0.3, -0.25) is 9.59 Å². The van der Waals surface area contributed by atoms with E-state index in [1.165, 1.54) is 25.7 Å². The minimum Gasteiger partial charge on any atom is -0.343 e. The summed E-state index contributed by atoms with van der Waals surface area (Å²) in [6.07, 6.45) is 4.91. The maximum absolute atomic E-state index is 11.9. The molecule has 0 aromatic rings. The van der Waals surface area contributed by atoms with Crippen LogP contribution < -0.4 is 5.32 Å². The van der Waals surface area contributed by atoms with Crippen LogP contribution in [0.2, 0.25) is 0 Å². The van der Waals surface area contributed by atoms with Gasteiger partial charge in [0.2, 0.25) is 11.8 Å². The van der Waals surface area contributed by atoms with Crippen molar-refractivity contribution < 1.29 is 9.59 Å². The highest BCUT2D eigenvalue weighted by Gasteiger charge is 2.31. The SMILES string of the molecule is CC1CCC(CN2CC(=O)NC(C)C2=O)CC1. The first-order chi connectivity index (χ1) is 8.06. The molecule has 96 valence electrons. The van der Waals surface area contributed by atoms with E-state index < -0.39 is 0 Å². The number of amides is 2. The Morgan fingerprint density at radius 1 is 1.18 bits per heavy atom. The molecule has 2 fully saturated rings. The van der Waals surface area contributed by atoms with Crippen molar-refractivity contribution in [2.75, 3.05) is 13.1 Å². The second-order valence-corrected chi connectivity index (χ2v) is 5.63. The lowest BCUT2D eigenvalue weighted by Crippen LogP contribution is -2.57. The van der Waals surface area contributed by atoms with E-state index in [2.05, 4.69) is 12.2 Å². The van der Waals surface area contributed by atoms with Gasteiger partial charge in [-0.05, 0) is 31.6 Å². The molecule has 1 unspecified atom stereocenters. The number of hydrogen-bond donors (Lipinski definition) is 1. The third-order valence-electron chi connectivity index (χ3n) is 4.01. The summed E-state index contributed by atoms with van der Waals surface area (Å²) in [5.74, 6) is 1.46. The van der Waals surface area contributed by atoms with Crippen LogP contribution in [0.4, 0.5) is 0 Å². The lowest BCUT2D eigenvalue weighted by Gasteiger charge is -2.35. The summed E-state index contributed by atoms with van der Waals surface area (Å²) in [6, 6.07) is -0.348. The van der Waals surface area contributed by atoms with Crippen LogP contribution in [0.5, 0.6) is 0 Å². The van der Waals surface area contributed by atoms with Crippen molar-refractivity contribution in [3.63, 3.8) is 0 Å². The molecule has 0 radical (unpaired) electrons. The minimum absolute atomic E-state index is 0.0266. The van der Waals surface area contributed by atoms with Crippen LogP contribution in [0.15, 0.2) is 0 Å². The molecule has 2 rings (SSSR count). The predicted octanol–water partition coefficient (Wildman–Crippen LogP) is 1.16. The van der Waals surface area contributed by atoms with Crippen molar-refractivity contribution in [3.05, 3.63) is 0 Å². The molecule has 1 saturated carbocycles. The van der Waals surface area contributed by atoms with Gasteiger partial charge in [-0.15, -0.1) is 0 Å². The van der Waals surface area contributed by atoms with E-state index in [4.69, 9.17) is 0 Å². The predicted molar refractivity (Wildman–Crippen MR) is 65.3 cm³/mol. The summed E-state index contributed by atoms with van der Waals surface area (Å²) < 4.78 is 0. The summed E-state index contributed by atoms with van der Waals surface area (Å²) in [6.45, 7) is 5.06. The highest BCUT2D eigenvalue weighted by molar-refractivity contribution is 5.94. The monoisotopic (exact) mass is 238 g/mol. The van der Waals surface area contributed by atoms with Crippen molar-refractivity contribution >= 4 is 11.8 Å². The molecule has 2 amide bonds. The van der Waals surface area contributed by atoms with Gasteiger partial charge >= 0.3 is 0 Å². The van der Waals surface area contributed by atoms with Gasteiger partial charge in [0.1, 0.15) is 6.04 Å². The summed E-state index contributed by atoms with van der Waals surface area (Å²) in [5, 5.41) is 2.67. The van der Waals surface area contributed by atoms with Gasteiger partial charge in [0.25, 0.3) is 0 Å². The first kappa shape index (κ1) is 12.4. The average molecular weight is 238 g/mol. The molecule has 4 heteroatoms. The molecule has 0 aromatic heterocycles. The fourth-order valence-corrected chi connectivity index (χ4v) is 2.85.